The number of carbonyl (C=O) groups excluding carboxylic acids is 9. The van der Waals surface area contributed by atoms with E-state index in [1.807, 2.05) is 69.1 Å². The van der Waals surface area contributed by atoms with E-state index in [2.05, 4.69) is 36.3 Å². The number of nitrogens with zero attached hydrogens (tertiary/aromatic N) is 4. The Morgan fingerprint density at radius 2 is 0.797 bits per heavy atom. The Morgan fingerprint density at radius 3 is 1.18 bits per heavy atom. The molecule has 0 aliphatic rings. The van der Waals surface area contributed by atoms with Gasteiger partial charge in [-0.05, 0) is 144 Å². The molecular formula is C83H81Cl6N11O18. The molecule has 0 saturated carbocycles. The van der Waals surface area contributed by atoms with E-state index < -0.39 is 88.9 Å². The van der Waals surface area contributed by atoms with Gasteiger partial charge in [-0.25, -0.2) is 42.9 Å². The number of fused-ring (bicyclic) bond motifs is 1. The largest absolute Gasteiger partial charge is 0.478 e. The summed E-state index contributed by atoms with van der Waals surface area (Å²) in [6.07, 6.45) is 0.296. The highest BCUT2D eigenvalue weighted by Gasteiger charge is 2.29. The highest BCUT2D eigenvalue weighted by molar-refractivity contribution is 6.41. The predicted molar refractivity (Wildman–Crippen MR) is 456 cm³/mol. The second-order valence-corrected chi connectivity index (χ2v) is 28.4. The number of nitrogen functional groups attached to an aromatic ring is 1. The summed E-state index contributed by atoms with van der Waals surface area (Å²) in [6, 6.07) is 44.8. The molecule has 0 aliphatic heterocycles. The van der Waals surface area contributed by atoms with Crippen LogP contribution < -0.4 is 58.3 Å². The van der Waals surface area contributed by atoms with Gasteiger partial charge in [0.05, 0.1) is 121 Å². The predicted octanol–water partition coefficient (Wildman–Crippen LogP) is 12.9. The summed E-state index contributed by atoms with van der Waals surface area (Å²) in [7, 11) is 17.4. The Labute approximate surface area is 707 Å². The number of aromatic nitrogens is 2. The molecule has 35 heteroatoms. The van der Waals surface area contributed by atoms with Crippen molar-refractivity contribution in [3.63, 3.8) is 0 Å². The van der Waals surface area contributed by atoms with Gasteiger partial charge in [-0.1, -0.05) is 124 Å². The lowest BCUT2D eigenvalue weighted by atomic mass is 10.0. The molecule has 3 atom stereocenters. The number of nitrogens with one attached hydrogen (secondary N) is 6. The van der Waals surface area contributed by atoms with Gasteiger partial charge in [0, 0.05) is 90.0 Å². The Hall–Kier alpha value is -12.6. The van der Waals surface area contributed by atoms with E-state index in [1.165, 1.54) is 84.1 Å². The zero-order valence-corrected chi connectivity index (χ0v) is 69.7. The molecule has 5 amide bonds. The van der Waals surface area contributed by atoms with Crippen molar-refractivity contribution in [3.05, 3.63) is 283 Å². The number of halogens is 6. The first kappa shape index (κ1) is 92.5. The molecule has 29 nitrogen and oxygen atoms in total. The van der Waals surface area contributed by atoms with Crippen LogP contribution in [0.2, 0.25) is 30.1 Å². The number of carboxylic acids is 1. The van der Waals surface area contributed by atoms with Crippen LogP contribution in [-0.2, 0) is 57.3 Å². The fourth-order valence-electron chi connectivity index (χ4n) is 11.1. The summed E-state index contributed by atoms with van der Waals surface area (Å²) in [4.78, 5) is 156. The molecule has 618 valence electrons. The van der Waals surface area contributed by atoms with Gasteiger partial charge in [0.25, 0.3) is 23.3 Å². The lowest BCUT2D eigenvalue weighted by Crippen LogP contribution is -2.43. The normalized spacial score (nSPS) is 11.2. The van der Waals surface area contributed by atoms with Crippen LogP contribution in [0.25, 0.3) is 16.6 Å². The third kappa shape index (κ3) is 24.9. The Bertz CT molecular complexity index is 5440. The van der Waals surface area contributed by atoms with Gasteiger partial charge in [0.1, 0.15) is 18.1 Å². The number of aromatic carboxylic acids is 1. The topological polar surface area (TPSA) is 388 Å². The first-order chi connectivity index (χ1) is 56.0. The van der Waals surface area contributed by atoms with Crippen molar-refractivity contribution in [2.24, 2.45) is 0 Å². The summed E-state index contributed by atoms with van der Waals surface area (Å²) in [5.41, 5.74) is 11.9. The van der Waals surface area contributed by atoms with Crippen molar-refractivity contribution < 1.29 is 76.7 Å². The van der Waals surface area contributed by atoms with E-state index in [1.54, 1.807) is 121 Å². The third-order valence-electron chi connectivity index (χ3n) is 17.4. The van der Waals surface area contributed by atoms with Crippen molar-refractivity contribution in [1.29, 1.82) is 0 Å². The molecule has 10 aromatic rings. The number of nitrogens with two attached hydrogens (primary N) is 1. The Morgan fingerprint density at radius 1 is 0.441 bits per heavy atom. The number of urea groups is 1. The quantitative estimate of drug-likeness (QED) is 0.0158. The molecule has 9 aromatic carbocycles. The zero-order chi connectivity index (χ0) is 86.9. The summed E-state index contributed by atoms with van der Waals surface area (Å²) in [5, 5.41) is 23.3. The number of carboxylic acid groups (broad SMARTS) is 1. The van der Waals surface area contributed by atoms with Crippen molar-refractivity contribution >= 4 is 174 Å². The molecule has 0 saturated heterocycles. The minimum Gasteiger partial charge on any atom is -0.478 e. The third-order valence-corrected chi connectivity index (χ3v) is 19.3. The first-order valence-electron chi connectivity index (χ1n) is 35.1. The number of rotatable bonds is 24. The first-order valence-corrected chi connectivity index (χ1v) is 37.4. The van der Waals surface area contributed by atoms with Crippen molar-refractivity contribution in [2.75, 3.05) is 109 Å². The highest BCUT2D eigenvalue weighted by atomic mass is 35.5. The fourth-order valence-corrected chi connectivity index (χ4v) is 12.9. The van der Waals surface area contributed by atoms with Crippen LogP contribution in [0.1, 0.15) is 78.8 Å². The number of methoxy groups -OCH3 is 5. The number of anilines is 6. The molecule has 0 fully saturated rings. The standard InChI is InChI=1S/C28H28Cl2N4O6.C27H24Cl2N4O5.C18H15Cl2NO5.C10H14N2O2/c1-34(2)18-12-13-22(19(15-18)26(36)39-3)33-28(38)31-17-10-8-16(9-11-17)14-23(27(37)40-4)32-25(35)24-20(29)6-5-7-21(24)30;1-32(2)17-11-12-21-18(14-17)25(35)33(27(37)31-21)16-9-7-15(8-10-16)13-22(26(36)38-3)30-24(34)23-19(28)5-4-6-20(23)29;1-26-18(25)14(9-10-5-7-11(8-6-10)17(23)24)21-16(22)15-12(19)3-2-4-13(15)20;1-12(2)7-4-5-9(11)8(6-7)10(13)14-3/h5-13,15,23H,14H2,1-4H3,(H,32,35)(H2,31,33,38);4-12,14,22H,13H2,1-3H3,(H,30,34)(H,31,37);2-8,14H,9H2,1H3,(H,21,22)(H,23,24);4-6H,11H2,1-3H3/t23-;22-;14-;/m000./s1. The van der Waals surface area contributed by atoms with Gasteiger partial charge in [-0.3, -0.25) is 19.2 Å². The molecule has 10 rings (SSSR count). The number of benzene rings is 9. The SMILES string of the molecule is COC(=O)[C@H](Cc1ccc(-n2c(=O)[nH]c3ccc(N(C)C)cc3c2=O)cc1)NC(=O)c1c(Cl)cccc1Cl.COC(=O)[C@H](Cc1ccc(C(=O)O)cc1)NC(=O)c1c(Cl)cccc1Cl.COC(=O)c1cc(N(C)C)ccc1N.COC(=O)c1cc(N(C)C)ccc1NC(=O)Nc1ccc(C[C@H](NC(=O)c2c(Cl)cccc2Cl)C(=O)OC)cc1. The van der Waals surface area contributed by atoms with Crippen LogP contribution in [0.5, 0.6) is 0 Å². The molecule has 0 bridgehead atoms. The van der Waals surface area contributed by atoms with Crippen LogP contribution in [0.3, 0.4) is 0 Å². The molecule has 0 radical (unpaired) electrons. The van der Waals surface area contributed by atoms with Gasteiger partial charge < -0.3 is 80.8 Å². The van der Waals surface area contributed by atoms with Crippen molar-refractivity contribution in [3.8, 4) is 5.69 Å². The molecule has 1 aromatic heterocycles. The zero-order valence-electron chi connectivity index (χ0n) is 65.2. The summed E-state index contributed by atoms with van der Waals surface area (Å²) in [6.45, 7) is 0. The number of hydrogen-bond acceptors (Lipinski definition) is 21. The summed E-state index contributed by atoms with van der Waals surface area (Å²) < 4.78 is 24.9. The fraction of sp³-hybridized carbons (Fsp3) is 0.205. The number of aromatic amines is 1. The molecule has 0 aliphatic carbocycles. The number of carbonyl (C=O) groups is 10. The maximum Gasteiger partial charge on any atom is 0.340 e. The number of ether oxygens (including phenoxy) is 5. The number of esters is 5. The smallest absolute Gasteiger partial charge is 0.340 e. The average Bonchev–Trinajstić information content (AvgIpc) is 0.769. The molecule has 118 heavy (non-hydrogen) atoms. The van der Waals surface area contributed by atoms with Crippen LogP contribution in [0.4, 0.5) is 38.9 Å². The molecular weight excluding hydrogens is 1650 g/mol. The lowest BCUT2D eigenvalue weighted by Gasteiger charge is -2.18. The Balaban J connectivity index is 0.000000229. The highest BCUT2D eigenvalue weighted by Crippen LogP contribution is 2.30. The van der Waals surface area contributed by atoms with Crippen LogP contribution in [0, 0.1) is 0 Å². The van der Waals surface area contributed by atoms with E-state index in [4.69, 9.17) is 99.4 Å². The molecule has 0 spiro atoms. The van der Waals surface area contributed by atoms with Crippen LogP contribution >= 0.6 is 69.6 Å². The van der Waals surface area contributed by atoms with Crippen molar-refractivity contribution in [1.82, 2.24) is 25.5 Å². The van der Waals surface area contributed by atoms with Gasteiger partial charge in [0.15, 0.2) is 0 Å². The maximum atomic E-state index is 13.2. The maximum absolute atomic E-state index is 13.2. The van der Waals surface area contributed by atoms with Gasteiger partial charge in [-0.2, -0.15) is 0 Å². The van der Waals surface area contributed by atoms with Crippen LogP contribution in [0.15, 0.2) is 192 Å². The van der Waals surface area contributed by atoms with E-state index in [9.17, 15) is 57.5 Å². The monoisotopic (exact) mass is 1730 g/mol. The van der Waals surface area contributed by atoms with Gasteiger partial charge in [-0.15, -0.1) is 0 Å². The number of hydrogen-bond donors (Lipinski definition) is 8. The Kier molecular flexibility index (Phi) is 34.0. The second-order valence-electron chi connectivity index (χ2n) is 26.0. The molecule has 0 unspecified atom stereocenters. The second kappa shape index (κ2) is 43.4. The lowest BCUT2D eigenvalue weighted by molar-refractivity contribution is -0.143. The minimum absolute atomic E-state index is 0.0485. The summed E-state index contributed by atoms with van der Waals surface area (Å²) >= 11 is 36.5. The van der Waals surface area contributed by atoms with Crippen LogP contribution in [-0.4, -0.2) is 170 Å². The van der Waals surface area contributed by atoms with Gasteiger partial charge >= 0.3 is 47.5 Å². The summed E-state index contributed by atoms with van der Waals surface area (Å²) in [5.74, 6) is -5.88. The van der Waals surface area contributed by atoms with E-state index >= 15 is 0 Å². The van der Waals surface area contributed by atoms with Crippen molar-refractivity contribution in [2.45, 2.75) is 37.4 Å². The van der Waals surface area contributed by atoms with E-state index in [-0.39, 0.29) is 82.9 Å². The molecule has 9 N–H and O–H groups in total. The minimum atomic E-state index is -1.05. The molecule has 1 heterocycles. The van der Waals surface area contributed by atoms with E-state index in [0.29, 0.717) is 50.2 Å². The number of H-pyrrole nitrogens is 1. The van der Waals surface area contributed by atoms with Gasteiger partial charge in [0.2, 0.25) is 0 Å². The number of amides is 5. The van der Waals surface area contributed by atoms with E-state index in [0.717, 1.165) is 21.6 Å². The average molecular weight is 1730 g/mol.